The van der Waals surface area contributed by atoms with Crippen molar-refractivity contribution in [3.8, 4) is 0 Å². The molecule has 106 valence electrons. The van der Waals surface area contributed by atoms with E-state index in [4.69, 9.17) is 0 Å². The fraction of sp³-hybridized carbons (Fsp3) is 0.900. The first-order chi connectivity index (χ1) is 8.39. The predicted octanol–water partition coefficient (Wildman–Crippen LogP) is -1.12. The van der Waals surface area contributed by atoms with Crippen LogP contribution in [-0.2, 0) is 19.7 Å². The van der Waals surface area contributed by atoms with Gasteiger partial charge in [-0.15, -0.1) is 0 Å². The van der Waals surface area contributed by atoms with Gasteiger partial charge >= 0.3 is 5.97 Å². The summed E-state index contributed by atoms with van der Waals surface area (Å²) < 4.78 is 31.6. The van der Waals surface area contributed by atoms with E-state index in [-0.39, 0.29) is 6.54 Å². The van der Waals surface area contributed by atoms with Crippen LogP contribution in [-0.4, -0.2) is 69.9 Å². The van der Waals surface area contributed by atoms with Gasteiger partial charge in [0.05, 0.1) is 13.0 Å². The zero-order chi connectivity index (χ0) is 13.8. The smallest absolute Gasteiger partial charge is 0.309 e. The van der Waals surface area contributed by atoms with Crippen molar-refractivity contribution in [2.45, 2.75) is 6.92 Å². The SMILES string of the molecule is COC(=O)C(C)CN(C)S(=O)(=O)N1CCNCC1. The molecular formula is C10H21N3O4S. The van der Waals surface area contributed by atoms with E-state index in [1.54, 1.807) is 6.92 Å². The standard InChI is InChI=1S/C10H21N3O4S/c1-9(10(14)17-3)8-12(2)18(15,16)13-6-4-11-5-7-13/h9,11H,4-8H2,1-3H3. The summed E-state index contributed by atoms with van der Waals surface area (Å²) in [6, 6.07) is 0. The average molecular weight is 279 g/mol. The van der Waals surface area contributed by atoms with Crippen LogP contribution >= 0.6 is 0 Å². The number of esters is 1. The van der Waals surface area contributed by atoms with Gasteiger partial charge in [-0.3, -0.25) is 4.79 Å². The highest BCUT2D eigenvalue weighted by atomic mass is 32.2. The number of nitrogens with one attached hydrogen (secondary N) is 1. The monoisotopic (exact) mass is 279 g/mol. The third-order valence-electron chi connectivity index (χ3n) is 2.93. The molecule has 0 spiro atoms. The molecule has 0 aromatic heterocycles. The topological polar surface area (TPSA) is 79.0 Å². The van der Waals surface area contributed by atoms with E-state index in [0.29, 0.717) is 26.2 Å². The lowest BCUT2D eigenvalue weighted by molar-refractivity contribution is -0.145. The highest BCUT2D eigenvalue weighted by molar-refractivity contribution is 7.86. The molecule has 8 heteroatoms. The molecule has 1 saturated heterocycles. The van der Waals surface area contributed by atoms with Gasteiger partial charge in [0.1, 0.15) is 0 Å². The molecule has 1 aliphatic rings. The van der Waals surface area contributed by atoms with Crippen LogP contribution in [0.5, 0.6) is 0 Å². The molecule has 18 heavy (non-hydrogen) atoms. The van der Waals surface area contributed by atoms with Crippen LogP contribution in [0.15, 0.2) is 0 Å². The lowest BCUT2D eigenvalue weighted by Gasteiger charge is -2.31. The van der Waals surface area contributed by atoms with Gasteiger partial charge in [-0.1, -0.05) is 6.92 Å². The molecule has 0 saturated carbocycles. The van der Waals surface area contributed by atoms with Crippen molar-refractivity contribution in [2.75, 3.05) is 46.9 Å². The van der Waals surface area contributed by atoms with Gasteiger partial charge in [0.15, 0.2) is 0 Å². The molecule has 0 radical (unpaired) electrons. The molecule has 1 rings (SSSR count). The van der Waals surface area contributed by atoms with Crippen LogP contribution in [0, 0.1) is 5.92 Å². The molecule has 0 aliphatic carbocycles. The van der Waals surface area contributed by atoms with Gasteiger partial charge in [0.2, 0.25) is 0 Å². The Kier molecular flexibility index (Phi) is 5.51. The summed E-state index contributed by atoms with van der Waals surface area (Å²) in [6.07, 6.45) is 0. The Bertz CT molecular complexity index is 379. The maximum absolute atomic E-state index is 12.2. The molecule has 0 bridgehead atoms. The summed E-state index contributed by atoms with van der Waals surface area (Å²) >= 11 is 0. The Morgan fingerprint density at radius 2 is 2.00 bits per heavy atom. The molecule has 0 aromatic carbocycles. The molecule has 7 nitrogen and oxygen atoms in total. The summed E-state index contributed by atoms with van der Waals surface area (Å²) in [5.41, 5.74) is 0. The predicted molar refractivity (Wildman–Crippen MR) is 67.2 cm³/mol. The molecule has 0 amide bonds. The fourth-order valence-corrected chi connectivity index (χ4v) is 3.28. The minimum Gasteiger partial charge on any atom is -0.469 e. The number of hydrogen-bond acceptors (Lipinski definition) is 5. The van der Waals surface area contributed by atoms with Gasteiger partial charge in [-0.25, -0.2) is 0 Å². The van der Waals surface area contributed by atoms with Crippen molar-refractivity contribution in [1.29, 1.82) is 0 Å². The summed E-state index contributed by atoms with van der Waals surface area (Å²) in [4.78, 5) is 11.3. The van der Waals surface area contributed by atoms with Crippen molar-refractivity contribution < 1.29 is 17.9 Å². The number of nitrogens with zero attached hydrogens (tertiary/aromatic N) is 2. The molecule has 0 aromatic rings. The average Bonchev–Trinajstić information content (AvgIpc) is 2.38. The lowest BCUT2D eigenvalue weighted by atomic mass is 10.2. The summed E-state index contributed by atoms with van der Waals surface area (Å²) in [5.74, 6) is -0.880. The Balaban J connectivity index is 2.63. The van der Waals surface area contributed by atoms with Crippen LogP contribution < -0.4 is 5.32 Å². The maximum Gasteiger partial charge on any atom is 0.309 e. The third-order valence-corrected chi connectivity index (χ3v) is 4.89. The second-order valence-electron chi connectivity index (χ2n) is 4.36. The largest absolute Gasteiger partial charge is 0.469 e. The summed E-state index contributed by atoms with van der Waals surface area (Å²) in [5, 5.41) is 3.10. The number of carbonyl (C=O) groups is 1. The molecule has 1 heterocycles. The van der Waals surface area contributed by atoms with E-state index >= 15 is 0 Å². The summed E-state index contributed by atoms with van der Waals surface area (Å²) in [7, 11) is -0.702. The highest BCUT2D eigenvalue weighted by Crippen LogP contribution is 2.10. The second-order valence-corrected chi connectivity index (χ2v) is 6.40. The van der Waals surface area contributed by atoms with E-state index in [2.05, 4.69) is 10.1 Å². The van der Waals surface area contributed by atoms with E-state index in [0.717, 1.165) is 0 Å². The lowest BCUT2D eigenvalue weighted by Crippen LogP contribution is -2.51. The number of piperazine rings is 1. The Morgan fingerprint density at radius 3 is 2.50 bits per heavy atom. The van der Waals surface area contributed by atoms with Gasteiger partial charge < -0.3 is 10.1 Å². The van der Waals surface area contributed by atoms with Crippen molar-refractivity contribution in [3.05, 3.63) is 0 Å². The van der Waals surface area contributed by atoms with E-state index in [1.165, 1.54) is 22.8 Å². The Hall–Kier alpha value is -0.700. The molecule has 1 atom stereocenters. The zero-order valence-corrected chi connectivity index (χ0v) is 11.9. The Morgan fingerprint density at radius 1 is 1.44 bits per heavy atom. The number of rotatable bonds is 5. The van der Waals surface area contributed by atoms with Crippen LogP contribution in [0.2, 0.25) is 0 Å². The fourth-order valence-electron chi connectivity index (χ4n) is 1.83. The quantitative estimate of drug-likeness (QED) is 0.645. The molecule has 1 N–H and O–H groups in total. The third kappa shape index (κ3) is 3.64. The number of hydrogen-bond donors (Lipinski definition) is 1. The van der Waals surface area contributed by atoms with E-state index < -0.39 is 22.1 Å². The first-order valence-electron chi connectivity index (χ1n) is 5.89. The molecule has 1 fully saturated rings. The summed E-state index contributed by atoms with van der Waals surface area (Å²) in [6.45, 7) is 3.99. The van der Waals surface area contributed by atoms with Crippen LogP contribution in [0.3, 0.4) is 0 Å². The minimum absolute atomic E-state index is 0.124. The van der Waals surface area contributed by atoms with Crippen LogP contribution in [0.4, 0.5) is 0 Å². The van der Waals surface area contributed by atoms with Gasteiger partial charge in [-0.2, -0.15) is 17.0 Å². The van der Waals surface area contributed by atoms with Crippen molar-refractivity contribution >= 4 is 16.2 Å². The second kappa shape index (κ2) is 6.46. The number of carbonyl (C=O) groups excluding carboxylic acids is 1. The molecule has 1 unspecified atom stereocenters. The normalized spacial score (nSPS) is 19.8. The van der Waals surface area contributed by atoms with Gasteiger partial charge in [0.25, 0.3) is 10.2 Å². The molecule has 1 aliphatic heterocycles. The first-order valence-corrected chi connectivity index (χ1v) is 7.29. The maximum atomic E-state index is 12.2. The van der Waals surface area contributed by atoms with Crippen molar-refractivity contribution in [2.24, 2.45) is 5.92 Å². The van der Waals surface area contributed by atoms with E-state index in [9.17, 15) is 13.2 Å². The van der Waals surface area contributed by atoms with Gasteiger partial charge in [-0.05, 0) is 0 Å². The van der Waals surface area contributed by atoms with Gasteiger partial charge in [0, 0.05) is 39.8 Å². The van der Waals surface area contributed by atoms with E-state index in [1.807, 2.05) is 0 Å². The highest BCUT2D eigenvalue weighted by Gasteiger charge is 2.30. The Labute approximate surface area is 108 Å². The van der Waals surface area contributed by atoms with Crippen LogP contribution in [0.25, 0.3) is 0 Å². The number of ether oxygens (including phenoxy) is 1. The van der Waals surface area contributed by atoms with Crippen molar-refractivity contribution in [1.82, 2.24) is 13.9 Å². The van der Waals surface area contributed by atoms with Crippen LogP contribution in [0.1, 0.15) is 6.92 Å². The minimum atomic E-state index is -3.48. The number of methoxy groups -OCH3 is 1. The molecular weight excluding hydrogens is 258 g/mol. The van der Waals surface area contributed by atoms with Crippen molar-refractivity contribution in [3.63, 3.8) is 0 Å². The zero-order valence-electron chi connectivity index (χ0n) is 11.0. The first kappa shape index (κ1) is 15.4.